The number of rotatable bonds is 6. The summed E-state index contributed by atoms with van der Waals surface area (Å²) < 4.78 is 29.9. The molecule has 4 rings (SSSR count). The fraction of sp³-hybridized carbons (Fsp3) is 0.630. The highest BCUT2D eigenvalue weighted by Crippen LogP contribution is 2.41. The van der Waals surface area contributed by atoms with E-state index in [4.69, 9.17) is 4.74 Å². The molecule has 1 aliphatic heterocycles. The Bertz CT molecular complexity index is 1340. The molecular formula is C27H38N4O4SSi. The van der Waals surface area contributed by atoms with Crippen molar-refractivity contribution in [1.82, 2.24) is 15.0 Å². The van der Waals surface area contributed by atoms with Gasteiger partial charge in [0.2, 0.25) is 15.0 Å². The van der Waals surface area contributed by atoms with Gasteiger partial charge in [-0.15, -0.1) is 5.54 Å². The Kier molecular flexibility index (Phi) is 7.68. The highest BCUT2D eigenvalue weighted by Gasteiger charge is 2.43. The largest absolute Gasteiger partial charge is 0.447 e. The molecule has 1 atom stereocenters. The number of hydrogen-bond acceptors (Lipinski definition) is 7. The van der Waals surface area contributed by atoms with Crippen LogP contribution in [-0.4, -0.2) is 56.4 Å². The summed E-state index contributed by atoms with van der Waals surface area (Å²) in [6, 6.07) is 1.72. The smallest absolute Gasteiger partial charge is 0.415 e. The van der Waals surface area contributed by atoms with Crippen molar-refractivity contribution in [2.24, 2.45) is 5.92 Å². The number of carbonyl (C=O) groups is 1. The summed E-state index contributed by atoms with van der Waals surface area (Å²) >= 11 is 0. The number of sulfone groups is 1. The fourth-order valence-corrected chi connectivity index (χ4v) is 12.1. The van der Waals surface area contributed by atoms with E-state index in [1.54, 1.807) is 4.90 Å². The molecule has 3 heterocycles. The first-order chi connectivity index (χ1) is 17.4. The second kappa shape index (κ2) is 10.3. The van der Waals surface area contributed by atoms with E-state index in [1.807, 2.05) is 6.07 Å². The third kappa shape index (κ3) is 5.12. The summed E-state index contributed by atoms with van der Waals surface area (Å²) in [4.78, 5) is 27.6. The fourth-order valence-electron chi connectivity index (χ4n) is 6.38. The SMILES string of the molecule is CC(C)[Si](C#Cc1cc(N2C(=O)OCC2C2CCCC2)nc2nc(S(C)(=O)=O)ncc12)(C(C)C)C(C)C. The van der Waals surface area contributed by atoms with Gasteiger partial charge in [0, 0.05) is 18.0 Å². The van der Waals surface area contributed by atoms with Crippen LogP contribution in [0.25, 0.3) is 11.0 Å². The lowest BCUT2D eigenvalue weighted by Gasteiger charge is -2.38. The Labute approximate surface area is 221 Å². The molecule has 10 heteroatoms. The van der Waals surface area contributed by atoms with E-state index in [9.17, 15) is 13.2 Å². The Hall–Kier alpha value is -2.51. The number of ether oxygens (including phenoxy) is 1. The third-order valence-electron chi connectivity index (χ3n) is 8.24. The van der Waals surface area contributed by atoms with Gasteiger partial charge in [0.05, 0.1) is 11.4 Å². The van der Waals surface area contributed by atoms with Gasteiger partial charge in [-0.2, -0.15) is 4.98 Å². The second-order valence-electron chi connectivity index (χ2n) is 11.4. The summed E-state index contributed by atoms with van der Waals surface area (Å²) in [6.07, 6.45) is 6.49. The minimum Gasteiger partial charge on any atom is -0.447 e. The Morgan fingerprint density at radius 2 is 1.68 bits per heavy atom. The number of carbonyl (C=O) groups excluding carboxylic acids is 1. The third-order valence-corrected chi connectivity index (χ3v) is 15.4. The van der Waals surface area contributed by atoms with Crippen LogP contribution in [0.1, 0.15) is 72.8 Å². The standard InChI is InChI=1S/C27H38N4O4SSi/c1-17(2)37(18(3)4,19(5)6)13-12-21-14-24(29-25-22(21)15-28-26(30-25)36(7,33)34)31-23(16-35-27(31)32)20-10-8-9-11-20/h14-15,17-20,23H,8-11,16H2,1-7H3. The molecule has 2 fully saturated rings. The molecule has 1 saturated heterocycles. The van der Waals surface area contributed by atoms with Crippen LogP contribution < -0.4 is 4.90 Å². The number of cyclic esters (lactones) is 1. The van der Waals surface area contributed by atoms with Crippen LogP contribution in [-0.2, 0) is 14.6 Å². The number of hydrogen-bond donors (Lipinski definition) is 0. The molecule has 2 aliphatic rings. The first kappa shape index (κ1) is 27.5. The number of aromatic nitrogens is 3. The summed E-state index contributed by atoms with van der Waals surface area (Å²) in [5, 5.41) is 0.281. The molecule has 1 aliphatic carbocycles. The summed E-state index contributed by atoms with van der Waals surface area (Å²) in [6.45, 7) is 13.9. The van der Waals surface area contributed by atoms with Crippen LogP contribution in [0.2, 0.25) is 16.6 Å². The van der Waals surface area contributed by atoms with Gasteiger partial charge in [0.25, 0.3) is 0 Å². The van der Waals surface area contributed by atoms with Crippen LogP contribution in [0.4, 0.5) is 10.6 Å². The van der Waals surface area contributed by atoms with E-state index in [1.165, 1.54) is 6.20 Å². The molecule has 0 bridgehead atoms. The number of fused-ring (bicyclic) bond motifs is 1. The molecule has 0 spiro atoms. The van der Waals surface area contributed by atoms with E-state index in [2.05, 4.69) is 68.0 Å². The van der Waals surface area contributed by atoms with Crippen molar-refractivity contribution in [2.45, 2.75) is 95.0 Å². The van der Waals surface area contributed by atoms with Crippen molar-refractivity contribution < 1.29 is 17.9 Å². The second-order valence-corrected chi connectivity index (χ2v) is 18.9. The van der Waals surface area contributed by atoms with Crippen molar-refractivity contribution in [3.8, 4) is 11.5 Å². The van der Waals surface area contributed by atoms with Crippen molar-refractivity contribution in [1.29, 1.82) is 0 Å². The molecular weight excluding hydrogens is 504 g/mol. The van der Waals surface area contributed by atoms with Crippen molar-refractivity contribution in [2.75, 3.05) is 17.8 Å². The average molecular weight is 543 g/mol. The first-order valence-corrected chi connectivity index (χ1v) is 17.4. The minimum atomic E-state index is -3.64. The molecule has 2 aromatic rings. The van der Waals surface area contributed by atoms with E-state index in [0.717, 1.165) is 31.9 Å². The van der Waals surface area contributed by atoms with Gasteiger partial charge in [0.1, 0.15) is 20.5 Å². The van der Waals surface area contributed by atoms with Gasteiger partial charge < -0.3 is 4.74 Å². The van der Waals surface area contributed by atoms with Crippen LogP contribution in [0, 0.1) is 17.4 Å². The van der Waals surface area contributed by atoms with E-state index < -0.39 is 24.0 Å². The van der Waals surface area contributed by atoms with Crippen molar-refractivity contribution in [3.63, 3.8) is 0 Å². The van der Waals surface area contributed by atoms with Crippen LogP contribution in [0.3, 0.4) is 0 Å². The number of anilines is 1. The van der Waals surface area contributed by atoms with Gasteiger partial charge >= 0.3 is 6.09 Å². The average Bonchev–Trinajstić information content (AvgIpc) is 3.47. The van der Waals surface area contributed by atoms with Crippen molar-refractivity contribution >= 4 is 40.9 Å². The maximum absolute atomic E-state index is 12.9. The van der Waals surface area contributed by atoms with Crippen LogP contribution in [0.5, 0.6) is 0 Å². The summed E-state index contributed by atoms with van der Waals surface area (Å²) in [5.41, 5.74) is 5.94. The zero-order chi connectivity index (χ0) is 27.1. The molecule has 37 heavy (non-hydrogen) atoms. The quantitative estimate of drug-likeness (QED) is 0.269. The predicted octanol–water partition coefficient (Wildman–Crippen LogP) is 5.51. The zero-order valence-electron chi connectivity index (χ0n) is 22.9. The Morgan fingerprint density at radius 3 is 2.24 bits per heavy atom. The maximum atomic E-state index is 12.9. The molecule has 2 aromatic heterocycles. The van der Waals surface area contributed by atoms with Crippen LogP contribution in [0.15, 0.2) is 17.4 Å². The Morgan fingerprint density at radius 1 is 1.05 bits per heavy atom. The predicted molar refractivity (Wildman–Crippen MR) is 148 cm³/mol. The number of amides is 1. The summed E-state index contributed by atoms with van der Waals surface area (Å²) in [7, 11) is -5.70. The first-order valence-electron chi connectivity index (χ1n) is 13.2. The molecule has 200 valence electrons. The number of nitrogens with zero attached hydrogens (tertiary/aromatic N) is 4. The molecule has 0 radical (unpaired) electrons. The summed E-state index contributed by atoms with van der Waals surface area (Å²) in [5.74, 6) is 4.21. The number of pyridine rings is 1. The topological polar surface area (TPSA) is 102 Å². The van der Waals surface area contributed by atoms with Crippen molar-refractivity contribution in [3.05, 3.63) is 17.8 Å². The lowest BCUT2D eigenvalue weighted by atomic mass is 9.98. The zero-order valence-corrected chi connectivity index (χ0v) is 24.7. The highest BCUT2D eigenvalue weighted by atomic mass is 32.2. The molecule has 1 unspecified atom stereocenters. The van der Waals surface area contributed by atoms with E-state index in [0.29, 0.717) is 45.9 Å². The van der Waals surface area contributed by atoms with Crippen LogP contribution >= 0.6 is 0 Å². The van der Waals surface area contributed by atoms with Gasteiger partial charge in [-0.1, -0.05) is 60.3 Å². The van der Waals surface area contributed by atoms with Gasteiger partial charge in [-0.25, -0.2) is 23.2 Å². The maximum Gasteiger partial charge on any atom is 0.415 e. The van der Waals surface area contributed by atoms with E-state index >= 15 is 0 Å². The lowest BCUT2D eigenvalue weighted by molar-refractivity contribution is 0.176. The van der Waals surface area contributed by atoms with Gasteiger partial charge in [0.15, 0.2) is 5.65 Å². The normalized spacial score (nSPS) is 19.2. The highest BCUT2D eigenvalue weighted by molar-refractivity contribution is 7.90. The Balaban J connectivity index is 1.93. The lowest BCUT2D eigenvalue weighted by Crippen LogP contribution is -2.43. The van der Waals surface area contributed by atoms with Gasteiger partial charge in [-0.3, -0.25) is 4.90 Å². The van der Waals surface area contributed by atoms with Gasteiger partial charge in [-0.05, 0) is 41.4 Å². The molecule has 0 N–H and O–H groups in total. The molecule has 1 saturated carbocycles. The van der Waals surface area contributed by atoms with E-state index in [-0.39, 0.29) is 16.8 Å². The molecule has 1 amide bonds. The minimum absolute atomic E-state index is 0.104. The molecule has 0 aromatic carbocycles. The monoisotopic (exact) mass is 542 g/mol. The molecule has 8 nitrogen and oxygen atoms in total.